The van der Waals surface area contributed by atoms with Crippen molar-refractivity contribution in [3.63, 3.8) is 0 Å². The first-order chi connectivity index (χ1) is 10.0. The molecule has 2 rings (SSSR count). The van der Waals surface area contributed by atoms with Gasteiger partial charge in [0.25, 0.3) is 0 Å². The van der Waals surface area contributed by atoms with Crippen molar-refractivity contribution in [2.24, 2.45) is 0 Å². The second kappa shape index (κ2) is 7.29. The van der Waals surface area contributed by atoms with E-state index in [-0.39, 0.29) is 6.61 Å². The molecule has 0 spiro atoms. The number of aryl methyl sites for hydroxylation is 2. The fourth-order valence-electron chi connectivity index (χ4n) is 2.24. The zero-order valence-electron chi connectivity index (χ0n) is 12.9. The van der Waals surface area contributed by atoms with Crippen molar-refractivity contribution in [2.75, 3.05) is 20.2 Å². The van der Waals surface area contributed by atoms with Crippen LogP contribution in [-0.2, 0) is 6.54 Å². The Morgan fingerprint density at radius 3 is 2.76 bits per heavy atom. The lowest BCUT2D eigenvalue weighted by atomic mass is 10.2. The largest absolute Gasteiger partial charge is 0.491 e. The maximum atomic E-state index is 10.1. The molecule has 1 heterocycles. The molecule has 0 amide bonds. The molecule has 2 aromatic rings. The second-order valence-corrected chi connectivity index (χ2v) is 5.48. The van der Waals surface area contributed by atoms with Gasteiger partial charge in [-0.05, 0) is 44.7 Å². The van der Waals surface area contributed by atoms with Gasteiger partial charge < -0.3 is 14.3 Å². The van der Waals surface area contributed by atoms with Crippen molar-refractivity contribution in [2.45, 2.75) is 26.5 Å². The summed E-state index contributed by atoms with van der Waals surface area (Å²) in [5.41, 5.74) is 2.29. The average molecular weight is 289 g/mol. The van der Waals surface area contributed by atoms with E-state index in [1.165, 1.54) is 0 Å². The highest BCUT2D eigenvalue weighted by atomic mass is 16.5. The number of benzene rings is 1. The van der Waals surface area contributed by atoms with E-state index in [0.717, 1.165) is 29.2 Å². The third-order valence-corrected chi connectivity index (χ3v) is 3.36. The molecule has 0 saturated heterocycles. The Morgan fingerprint density at radius 1 is 1.29 bits per heavy atom. The Morgan fingerprint density at radius 2 is 2.10 bits per heavy atom. The first kappa shape index (κ1) is 15.6. The number of furan rings is 1. The van der Waals surface area contributed by atoms with Crippen molar-refractivity contribution in [3.8, 4) is 5.75 Å². The third-order valence-electron chi connectivity index (χ3n) is 3.36. The van der Waals surface area contributed by atoms with E-state index in [9.17, 15) is 5.11 Å². The highest BCUT2D eigenvalue weighted by Crippen LogP contribution is 2.13. The molecule has 0 saturated carbocycles. The molecule has 1 aromatic carbocycles. The van der Waals surface area contributed by atoms with Crippen LogP contribution in [0.15, 0.2) is 41.0 Å². The highest BCUT2D eigenvalue weighted by molar-refractivity contribution is 5.27. The van der Waals surface area contributed by atoms with Gasteiger partial charge in [-0.1, -0.05) is 12.1 Å². The van der Waals surface area contributed by atoms with Crippen LogP contribution in [0.3, 0.4) is 0 Å². The summed E-state index contributed by atoms with van der Waals surface area (Å²) >= 11 is 0. The van der Waals surface area contributed by atoms with Crippen molar-refractivity contribution in [1.82, 2.24) is 4.90 Å². The molecule has 0 aliphatic heterocycles. The van der Waals surface area contributed by atoms with Gasteiger partial charge in [0.15, 0.2) is 0 Å². The Balaban J connectivity index is 1.76. The van der Waals surface area contributed by atoms with E-state index >= 15 is 0 Å². The molecule has 0 fully saturated rings. The van der Waals surface area contributed by atoms with E-state index in [1.807, 2.05) is 51.2 Å². The van der Waals surface area contributed by atoms with Gasteiger partial charge in [0.1, 0.15) is 24.2 Å². The van der Waals surface area contributed by atoms with Gasteiger partial charge >= 0.3 is 0 Å². The summed E-state index contributed by atoms with van der Waals surface area (Å²) in [6, 6.07) is 9.79. The summed E-state index contributed by atoms with van der Waals surface area (Å²) < 4.78 is 10.9. The average Bonchev–Trinajstić information content (AvgIpc) is 2.82. The van der Waals surface area contributed by atoms with Crippen LogP contribution in [0.25, 0.3) is 0 Å². The van der Waals surface area contributed by atoms with Crippen LogP contribution in [0.5, 0.6) is 5.75 Å². The van der Waals surface area contributed by atoms with E-state index in [2.05, 4.69) is 4.90 Å². The van der Waals surface area contributed by atoms with Crippen molar-refractivity contribution in [3.05, 3.63) is 53.5 Å². The number of rotatable bonds is 7. The molecule has 0 bridgehead atoms. The summed E-state index contributed by atoms with van der Waals surface area (Å²) in [5, 5.41) is 10.1. The Labute approximate surface area is 126 Å². The number of hydrogen-bond acceptors (Lipinski definition) is 4. The molecule has 1 aromatic heterocycles. The van der Waals surface area contributed by atoms with Crippen LogP contribution < -0.4 is 4.74 Å². The first-order valence-electron chi connectivity index (χ1n) is 7.13. The standard InChI is InChI=1S/C17H23NO3/c1-13-5-4-6-17(9-13)21-12-16(19)11-18(3)10-15-7-8-20-14(15)2/h4-9,16,19H,10-12H2,1-3H3. The second-order valence-electron chi connectivity index (χ2n) is 5.48. The van der Waals surface area contributed by atoms with E-state index in [0.29, 0.717) is 6.54 Å². The fourth-order valence-corrected chi connectivity index (χ4v) is 2.24. The van der Waals surface area contributed by atoms with Gasteiger partial charge in [0.05, 0.1) is 6.26 Å². The maximum absolute atomic E-state index is 10.1. The zero-order valence-corrected chi connectivity index (χ0v) is 12.9. The van der Waals surface area contributed by atoms with Gasteiger partial charge in [-0.3, -0.25) is 4.90 Å². The fraction of sp³-hybridized carbons (Fsp3) is 0.412. The first-order valence-corrected chi connectivity index (χ1v) is 7.13. The van der Waals surface area contributed by atoms with E-state index < -0.39 is 6.10 Å². The topological polar surface area (TPSA) is 45.8 Å². The summed E-state index contributed by atoms with van der Waals surface area (Å²) in [5.74, 6) is 1.72. The minimum Gasteiger partial charge on any atom is -0.491 e. The molecule has 0 aliphatic rings. The molecule has 1 unspecified atom stereocenters. The van der Waals surface area contributed by atoms with Gasteiger partial charge in [-0.2, -0.15) is 0 Å². The van der Waals surface area contributed by atoms with Gasteiger partial charge in [0.2, 0.25) is 0 Å². The molecule has 21 heavy (non-hydrogen) atoms. The predicted octanol–water partition coefficient (Wildman–Crippen LogP) is 2.77. The highest BCUT2D eigenvalue weighted by Gasteiger charge is 2.11. The molecule has 0 aliphatic carbocycles. The van der Waals surface area contributed by atoms with Gasteiger partial charge in [-0.15, -0.1) is 0 Å². The Bertz CT molecular complexity index is 565. The summed E-state index contributed by atoms with van der Waals surface area (Å²) in [6.45, 7) is 5.56. The molecular formula is C17H23NO3. The van der Waals surface area contributed by atoms with Crippen LogP contribution >= 0.6 is 0 Å². The van der Waals surface area contributed by atoms with Crippen molar-refractivity contribution >= 4 is 0 Å². The molecule has 0 radical (unpaired) electrons. The monoisotopic (exact) mass is 289 g/mol. The van der Waals surface area contributed by atoms with Gasteiger partial charge in [-0.25, -0.2) is 0 Å². The zero-order chi connectivity index (χ0) is 15.2. The van der Waals surface area contributed by atoms with E-state index in [4.69, 9.17) is 9.15 Å². The van der Waals surface area contributed by atoms with Crippen molar-refractivity contribution in [1.29, 1.82) is 0 Å². The lowest BCUT2D eigenvalue weighted by Gasteiger charge is -2.20. The molecule has 4 heteroatoms. The van der Waals surface area contributed by atoms with Crippen LogP contribution in [0, 0.1) is 13.8 Å². The minimum absolute atomic E-state index is 0.290. The maximum Gasteiger partial charge on any atom is 0.119 e. The van der Waals surface area contributed by atoms with Crippen LogP contribution in [0.2, 0.25) is 0 Å². The van der Waals surface area contributed by atoms with Crippen LogP contribution in [-0.4, -0.2) is 36.3 Å². The summed E-state index contributed by atoms with van der Waals surface area (Å²) in [6.07, 6.45) is 1.17. The number of aliphatic hydroxyl groups is 1. The van der Waals surface area contributed by atoms with Crippen LogP contribution in [0.1, 0.15) is 16.9 Å². The quantitative estimate of drug-likeness (QED) is 0.851. The third kappa shape index (κ3) is 4.92. The molecular weight excluding hydrogens is 266 g/mol. The smallest absolute Gasteiger partial charge is 0.119 e. The normalized spacial score (nSPS) is 12.6. The number of ether oxygens (including phenoxy) is 1. The Kier molecular flexibility index (Phi) is 5.42. The van der Waals surface area contributed by atoms with Crippen molar-refractivity contribution < 1.29 is 14.3 Å². The lowest BCUT2D eigenvalue weighted by molar-refractivity contribution is 0.0742. The molecule has 1 N–H and O–H groups in total. The number of nitrogens with zero attached hydrogens (tertiary/aromatic N) is 1. The number of aliphatic hydroxyl groups excluding tert-OH is 1. The molecule has 1 atom stereocenters. The van der Waals surface area contributed by atoms with Crippen LogP contribution in [0.4, 0.5) is 0 Å². The molecule has 4 nitrogen and oxygen atoms in total. The number of likely N-dealkylation sites (N-methyl/N-ethyl adjacent to an activating group) is 1. The molecule has 114 valence electrons. The summed E-state index contributed by atoms with van der Waals surface area (Å²) in [7, 11) is 1.97. The number of hydrogen-bond donors (Lipinski definition) is 1. The summed E-state index contributed by atoms with van der Waals surface area (Å²) in [4.78, 5) is 2.06. The lowest BCUT2D eigenvalue weighted by Crippen LogP contribution is -2.32. The minimum atomic E-state index is -0.525. The van der Waals surface area contributed by atoms with E-state index in [1.54, 1.807) is 6.26 Å². The Hall–Kier alpha value is -1.78. The SMILES string of the molecule is Cc1cccc(OCC(O)CN(C)Cc2ccoc2C)c1. The van der Waals surface area contributed by atoms with Gasteiger partial charge in [0, 0.05) is 18.7 Å². The predicted molar refractivity (Wildman–Crippen MR) is 82.5 cm³/mol.